The van der Waals surface area contributed by atoms with Crippen LogP contribution in [0.3, 0.4) is 0 Å². The number of unbranched alkanes of at least 4 members (excludes halogenated alkanes) is 5. The van der Waals surface area contributed by atoms with E-state index in [0.717, 1.165) is 32.1 Å². The van der Waals surface area contributed by atoms with Crippen LogP contribution in [0.4, 0.5) is 0 Å². The molecule has 1 fully saturated rings. The number of hydrogen-bond donors (Lipinski definition) is 11. The van der Waals surface area contributed by atoms with E-state index in [1.807, 2.05) is 20.8 Å². The van der Waals surface area contributed by atoms with Crippen LogP contribution in [-0.2, 0) is 47.9 Å². The molecule has 22 nitrogen and oxygen atoms in total. The lowest BCUT2D eigenvalue weighted by Crippen LogP contribution is -2.66. The largest absolute Gasteiger partial charge is 0.395 e. The van der Waals surface area contributed by atoms with Crippen LogP contribution in [0.5, 0.6) is 0 Å². The lowest BCUT2D eigenvalue weighted by atomic mass is 9.92. The van der Waals surface area contributed by atoms with E-state index in [1.54, 1.807) is 39.5 Å². The zero-order valence-corrected chi connectivity index (χ0v) is 52.2. The Morgan fingerprint density at radius 1 is 0.605 bits per heavy atom. The second-order valence-electron chi connectivity index (χ2n) is 24.6. The monoisotopic (exact) mass is 1150 g/mol. The molecule has 0 spiro atoms. The fourth-order valence-corrected chi connectivity index (χ4v) is 9.51. The van der Waals surface area contributed by atoms with Crippen molar-refractivity contribution in [1.29, 1.82) is 0 Å². The van der Waals surface area contributed by atoms with Gasteiger partial charge in [0, 0.05) is 44.4 Å². The van der Waals surface area contributed by atoms with Crippen molar-refractivity contribution in [3.05, 3.63) is 0 Å². The normalized spacial score (nSPS) is 17.6. The first kappa shape index (κ1) is 73.8. The Bertz CT molecular complexity index is 2070. The van der Waals surface area contributed by atoms with Gasteiger partial charge in [0.1, 0.15) is 52.6 Å². The minimum absolute atomic E-state index is 0.0302. The highest BCUT2D eigenvalue weighted by Gasteiger charge is 2.42. The van der Waals surface area contributed by atoms with E-state index in [9.17, 15) is 53.1 Å². The first-order valence-electron chi connectivity index (χ1n) is 30.0. The summed E-state index contributed by atoms with van der Waals surface area (Å²) in [6.45, 7) is 27.7. The molecular formula is C59H108N10O12. The predicted molar refractivity (Wildman–Crippen MR) is 313 cm³/mol. The number of rotatable bonds is 39. The van der Waals surface area contributed by atoms with Crippen LogP contribution in [0.25, 0.3) is 0 Å². The molecule has 0 aromatic heterocycles. The van der Waals surface area contributed by atoms with Crippen LogP contribution in [0, 0.1) is 23.7 Å². The number of aliphatic hydroxyl groups excluding tert-OH is 2. The molecule has 0 unspecified atom stereocenters. The van der Waals surface area contributed by atoms with Crippen LogP contribution in [0.15, 0.2) is 0 Å². The first-order valence-corrected chi connectivity index (χ1v) is 30.0. The fraction of sp³-hybridized carbons (Fsp3) is 0.831. The Morgan fingerprint density at radius 2 is 1.15 bits per heavy atom. The number of nitrogens with zero attached hydrogens (tertiary/aromatic N) is 1. The molecular weight excluding hydrogens is 1040 g/mol. The third-order valence-electron chi connectivity index (χ3n) is 15.5. The van der Waals surface area contributed by atoms with Crippen molar-refractivity contribution in [1.82, 2.24) is 52.8 Å². The van der Waals surface area contributed by atoms with E-state index in [2.05, 4.69) is 54.8 Å². The van der Waals surface area contributed by atoms with E-state index in [-0.39, 0.29) is 61.9 Å². The first-order chi connectivity index (χ1) is 37.7. The maximum atomic E-state index is 14.2. The van der Waals surface area contributed by atoms with Crippen LogP contribution in [-0.4, -0.2) is 159 Å². The fourth-order valence-electron chi connectivity index (χ4n) is 9.51. The van der Waals surface area contributed by atoms with Gasteiger partial charge in [-0.3, -0.25) is 47.9 Å². The topological polar surface area (TPSA) is 323 Å². The summed E-state index contributed by atoms with van der Waals surface area (Å²) >= 11 is 0. The number of hydrogen-bond acceptors (Lipinski definition) is 13. The third kappa shape index (κ3) is 25.4. The molecule has 1 saturated heterocycles. The number of aliphatic hydroxyl groups is 2. The van der Waals surface area contributed by atoms with Gasteiger partial charge in [-0.25, -0.2) is 0 Å². The molecule has 11 N–H and O–H groups in total. The Hall–Kier alpha value is -5.22. The van der Waals surface area contributed by atoms with Gasteiger partial charge in [-0.05, 0) is 105 Å². The van der Waals surface area contributed by atoms with Crippen molar-refractivity contribution >= 4 is 58.9 Å². The minimum Gasteiger partial charge on any atom is -0.395 e. The summed E-state index contributed by atoms with van der Waals surface area (Å²) in [5, 5.41) is 44.7. The van der Waals surface area contributed by atoms with E-state index in [0.29, 0.717) is 51.7 Å². The maximum absolute atomic E-state index is 14.2. The Balaban J connectivity index is 3.26. The van der Waals surface area contributed by atoms with Crippen LogP contribution in [0.2, 0.25) is 0 Å². The summed E-state index contributed by atoms with van der Waals surface area (Å²) in [5.41, 5.74) is -4.64. The highest BCUT2D eigenvalue weighted by atomic mass is 16.3. The molecule has 9 amide bonds. The molecule has 0 aromatic rings. The van der Waals surface area contributed by atoms with Gasteiger partial charge in [-0.2, -0.15) is 0 Å². The molecule has 81 heavy (non-hydrogen) atoms. The Labute approximate surface area is 484 Å². The lowest BCUT2D eigenvalue weighted by Gasteiger charge is -2.35. The summed E-state index contributed by atoms with van der Waals surface area (Å²) < 4.78 is 0. The molecule has 11 atom stereocenters. The van der Waals surface area contributed by atoms with Crippen molar-refractivity contribution in [2.24, 2.45) is 23.7 Å². The summed E-state index contributed by atoms with van der Waals surface area (Å²) in [7, 11) is 0. The van der Waals surface area contributed by atoms with E-state index >= 15 is 0 Å². The number of carbonyl (C=O) groups excluding carboxylic acids is 10. The highest BCUT2D eigenvalue weighted by molar-refractivity contribution is 6.00. The SMILES string of the molecule is CCCCCCCC[C@@H](C)C(=O)N1CCC[C@@H]1C(=O)N[C@H](C[C@@H](C)C[C@H](O)CC(=O)CC)C(=O)N[C@@H](C)C(=O)NC(C)(C)C(=O)N[C@@H](C(=O)N[C@@H](C(=O)NC(C)(C)C(=O)NC(C)(C)C(=O)N[C@H](C)CNCCO)[C@@H](C)CC)[C@@H](C)CC. The van der Waals surface area contributed by atoms with Gasteiger partial charge in [0.15, 0.2) is 0 Å². The minimum atomic E-state index is -1.68. The van der Waals surface area contributed by atoms with Gasteiger partial charge in [0.05, 0.1) is 12.7 Å². The molecule has 0 aliphatic carbocycles. The van der Waals surface area contributed by atoms with Crippen molar-refractivity contribution in [3.63, 3.8) is 0 Å². The summed E-state index contributed by atoms with van der Waals surface area (Å²) in [6, 6.07) is -5.98. The van der Waals surface area contributed by atoms with Gasteiger partial charge < -0.3 is 63.0 Å². The summed E-state index contributed by atoms with van der Waals surface area (Å²) in [6.07, 6.45) is 8.50. The molecule has 22 heteroatoms. The van der Waals surface area contributed by atoms with Gasteiger partial charge in [0.2, 0.25) is 53.2 Å². The average molecular weight is 1150 g/mol. The van der Waals surface area contributed by atoms with Crippen molar-refractivity contribution < 1.29 is 58.2 Å². The van der Waals surface area contributed by atoms with Crippen LogP contribution in [0.1, 0.15) is 207 Å². The Kier molecular flexibility index (Phi) is 32.5. The zero-order valence-electron chi connectivity index (χ0n) is 52.2. The van der Waals surface area contributed by atoms with Gasteiger partial charge >= 0.3 is 0 Å². The van der Waals surface area contributed by atoms with E-state index < -0.39 is 112 Å². The van der Waals surface area contributed by atoms with Gasteiger partial charge in [0.25, 0.3) is 0 Å². The lowest BCUT2D eigenvalue weighted by molar-refractivity contribution is -0.142. The van der Waals surface area contributed by atoms with Gasteiger partial charge in [-0.1, -0.05) is 107 Å². The second-order valence-corrected chi connectivity index (χ2v) is 24.6. The van der Waals surface area contributed by atoms with Crippen molar-refractivity contribution in [2.45, 2.75) is 266 Å². The molecule has 0 radical (unpaired) electrons. The molecule has 1 heterocycles. The molecule has 0 saturated carbocycles. The number of amides is 9. The maximum Gasteiger partial charge on any atom is 0.246 e. The molecule has 1 aliphatic rings. The number of ketones is 1. The number of nitrogens with one attached hydrogen (secondary N) is 9. The third-order valence-corrected chi connectivity index (χ3v) is 15.5. The number of Topliss-reactive ketones (excluding diaryl/α,β-unsaturated/α-hetero) is 1. The average Bonchev–Trinajstić information content (AvgIpc) is 3.89. The number of carbonyl (C=O) groups is 10. The second kappa shape index (κ2) is 35.7. The van der Waals surface area contributed by atoms with Gasteiger partial charge in [-0.15, -0.1) is 0 Å². The highest BCUT2D eigenvalue weighted by Crippen LogP contribution is 2.24. The summed E-state index contributed by atoms with van der Waals surface area (Å²) in [5.74, 6) is -7.11. The molecule has 466 valence electrons. The molecule has 1 aliphatic heterocycles. The van der Waals surface area contributed by atoms with Crippen molar-refractivity contribution in [3.8, 4) is 0 Å². The van der Waals surface area contributed by atoms with E-state index in [1.165, 1.54) is 54.9 Å². The molecule has 0 aromatic carbocycles. The molecule has 1 rings (SSSR count). The van der Waals surface area contributed by atoms with E-state index in [4.69, 9.17) is 5.11 Å². The molecule has 0 bridgehead atoms. The van der Waals surface area contributed by atoms with Crippen LogP contribution >= 0.6 is 0 Å². The number of likely N-dealkylation sites (tertiary alicyclic amines) is 1. The summed E-state index contributed by atoms with van der Waals surface area (Å²) in [4.78, 5) is 139. The van der Waals surface area contributed by atoms with Crippen LogP contribution < -0.4 is 47.9 Å². The van der Waals surface area contributed by atoms with Crippen molar-refractivity contribution in [2.75, 3.05) is 26.2 Å². The predicted octanol–water partition coefficient (Wildman–Crippen LogP) is 3.33. The standard InChI is InChI=1S/C59H108N10O12/c1-17-21-22-23-24-25-27-39(8)53(78)69-30-26-28-45(69)50(75)63-44(33-36(5)32-43(72)34-42(71)20-4)49(74)62-41(10)48(73)66-57(11,12)55(80)65-46(37(6)18-2)51(76)64-47(38(7)19-3)52(77)67-59(15,16)56(81)68-58(13,14)54(79)61-40(9)35-60-29-31-70/h36-41,43-47,60,70,72H,17-35H2,1-16H3,(H,61,79)(H,62,74)(H,63,75)(H,64,76)(H,65,80)(H,66,73)(H,67,77)(H,68,81)/t36-,37-,38-,39+,40+,41-,43-,44+,45+,46+,47+/m0/s1. The Morgan fingerprint density at radius 3 is 1.73 bits per heavy atom. The quantitative estimate of drug-likeness (QED) is 0.0394. The smallest absolute Gasteiger partial charge is 0.246 e. The zero-order chi connectivity index (χ0) is 62.0.